The van der Waals surface area contributed by atoms with Crippen molar-refractivity contribution in [3.8, 4) is 0 Å². The summed E-state index contributed by atoms with van der Waals surface area (Å²) in [6.07, 6.45) is 2.01. The maximum atomic E-state index is 9.51. The zero-order valence-corrected chi connectivity index (χ0v) is 13.2. The van der Waals surface area contributed by atoms with Gasteiger partial charge in [-0.15, -0.1) is 0 Å². The summed E-state index contributed by atoms with van der Waals surface area (Å²) in [7, 11) is 0. The predicted molar refractivity (Wildman–Crippen MR) is 80.7 cm³/mol. The van der Waals surface area contributed by atoms with Gasteiger partial charge in [0.15, 0.2) is 0 Å². The van der Waals surface area contributed by atoms with E-state index in [0.29, 0.717) is 0 Å². The minimum absolute atomic E-state index is 0.0297. The predicted octanol–water partition coefficient (Wildman–Crippen LogP) is 3.65. The summed E-state index contributed by atoms with van der Waals surface area (Å²) in [5.74, 6) is 0. The fourth-order valence-electron chi connectivity index (χ4n) is 2.00. The number of hydrogen-bond donors (Lipinski definition) is 2. The normalized spacial score (nSPS) is 11.8. The lowest BCUT2D eigenvalue weighted by molar-refractivity contribution is 0.113. The molecule has 1 aromatic rings. The molecule has 0 saturated heterocycles. The molecule has 0 unspecified atom stereocenters. The van der Waals surface area contributed by atoms with Crippen LogP contribution in [-0.2, 0) is 6.54 Å². The molecule has 0 aliphatic carbocycles. The van der Waals surface area contributed by atoms with Gasteiger partial charge in [-0.2, -0.15) is 0 Å². The van der Waals surface area contributed by atoms with Gasteiger partial charge in [0.05, 0.1) is 0 Å². The van der Waals surface area contributed by atoms with Crippen LogP contribution in [0.25, 0.3) is 0 Å². The number of rotatable bonds is 7. The van der Waals surface area contributed by atoms with Crippen molar-refractivity contribution < 1.29 is 5.11 Å². The summed E-state index contributed by atoms with van der Waals surface area (Å²) in [5.41, 5.74) is 2.55. The highest BCUT2D eigenvalue weighted by Crippen LogP contribution is 2.24. The molecule has 0 fully saturated rings. The molecule has 3 heteroatoms. The Morgan fingerprint density at radius 3 is 2.44 bits per heavy atom. The van der Waals surface area contributed by atoms with Crippen LogP contribution in [0.2, 0.25) is 0 Å². The third-order valence-corrected chi connectivity index (χ3v) is 4.76. The molecule has 0 spiro atoms. The topological polar surface area (TPSA) is 32.3 Å². The summed E-state index contributed by atoms with van der Waals surface area (Å²) in [6.45, 7) is 8.34. The Kier molecular flexibility index (Phi) is 6.33. The first-order valence-electron chi connectivity index (χ1n) is 6.63. The molecule has 0 radical (unpaired) electrons. The molecule has 18 heavy (non-hydrogen) atoms. The molecule has 0 bridgehead atoms. The first-order valence-corrected chi connectivity index (χ1v) is 7.43. The number of halogens is 1. The lowest BCUT2D eigenvalue weighted by Crippen LogP contribution is -2.36. The van der Waals surface area contributed by atoms with Gasteiger partial charge < -0.3 is 10.4 Å². The maximum Gasteiger partial charge on any atom is 0.0499 e. The van der Waals surface area contributed by atoms with E-state index in [1.54, 1.807) is 0 Å². The minimum atomic E-state index is 0.0297. The Bertz CT molecular complexity index is 366. The average Bonchev–Trinajstić information content (AvgIpc) is 2.39. The summed E-state index contributed by atoms with van der Waals surface area (Å²) in [4.78, 5) is 0. The van der Waals surface area contributed by atoms with Crippen molar-refractivity contribution in [2.45, 2.75) is 40.2 Å². The van der Waals surface area contributed by atoms with E-state index in [0.717, 1.165) is 30.4 Å². The number of nitrogens with one attached hydrogen (secondary N) is 1. The van der Waals surface area contributed by atoms with E-state index in [2.05, 4.69) is 60.2 Å². The van der Waals surface area contributed by atoms with Gasteiger partial charge in [-0.3, -0.25) is 0 Å². The van der Waals surface area contributed by atoms with Crippen molar-refractivity contribution in [1.29, 1.82) is 0 Å². The van der Waals surface area contributed by atoms with Crippen LogP contribution in [0, 0.1) is 12.3 Å². The second-order valence-electron chi connectivity index (χ2n) is 5.05. The summed E-state index contributed by atoms with van der Waals surface area (Å²) in [5, 5.41) is 13.0. The van der Waals surface area contributed by atoms with Gasteiger partial charge in [0.1, 0.15) is 0 Å². The molecule has 0 amide bonds. The molecule has 0 aliphatic rings. The molecular formula is C15H24BrNO. The van der Waals surface area contributed by atoms with Crippen molar-refractivity contribution in [2.75, 3.05) is 13.2 Å². The fraction of sp³-hybridized carbons (Fsp3) is 0.600. The van der Waals surface area contributed by atoms with E-state index in [9.17, 15) is 5.11 Å². The Balaban J connectivity index is 2.52. The number of aliphatic hydroxyl groups is 1. The van der Waals surface area contributed by atoms with Crippen LogP contribution in [0.1, 0.15) is 37.8 Å². The molecular weight excluding hydrogens is 290 g/mol. The Morgan fingerprint density at radius 1 is 1.28 bits per heavy atom. The summed E-state index contributed by atoms with van der Waals surface area (Å²) < 4.78 is 1.15. The second kappa shape index (κ2) is 7.27. The molecule has 102 valence electrons. The fourth-order valence-corrected chi connectivity index (χ4v) is 2.42. The standard InChI is InChI=1S/C15H24BrNO/c1-4-15(5-2,11-18)10-17-9-13-7-6-12(3)14(16)8-13/h6-8,17-18H,4-5,9-11H2,1-3H3. The van der Waals surface area contributed by atoms with Crippen LogP contribution in [0.5, 0.6) is 0 Å². The zero-order chi connectivity index (χ0) is 13.6. The molecule has 0 atom stereocenters. The van der Waals surface area contributed by atoms with Crippen molar-refractivity contribution in [1.82, 2.24) is 5.32 Å². The lowest BCUT2D eigenvalue weighted by Gasteiger charge is -2.29. The average molecular weight is 314 g/mol. The number of benzene rings is 1. The van der Waals surface area contributed by atoms with Gasteiger partial charge in [-0.25, -0.2) is 0 Å². The monoisotopic (exact) mass is 313 g/mol. The summed E-state index contributed by atoms with van der Waals surface area (Å²) >= 11 is 3.55. The molecule has 2 nitrogen and oxygen atoms in total. The van der Waals surface area contributed by atoms with Gasteiger partial charge in [-0.05, 0) is 37.0 Å². The molecule has 0 heterocycles. The maximum absolute atomic E-state index is 9.51. The molecule has 1 rings (SSSR count). The van der Waals surface area contributed by atoms with E-state index in [-0.39, 0.29) is 12.0 Å². The highest BCUT2D eigenvalue weighted by Gasteiger charge is 2.24. The smallest absolute Gasteiger partial charge is 0.0499 e. The Hall–Kier alpha value is -0.380. The second-order valence-corrected chi connectivity index (χ2v) is 5.91. The lowest BCUT2D eigenvalue weighted by atomic mass is 9.83. The van der Waals surface area contributed by atoms with Gasteiger partial charge in [0.2, 0.25) is 0 Å². The minimum Gasteiger partial charge on any atom is -0.396 e. The molecule has 0 saturated carbocycles. The third-order valence-electron chi connectivity index (χ3n) is 3.90. The van der Waals surface area contributed by atoms with E-state index in [4.69, 9.17) is 0 Å². The van der Waals surface area contributed by atoms with Gasteiger partial charge in [0, 0.05) is 29.6 Å². The van der Waals surface area contributed by atoms with Crippen molar-refractivity contribution >= 4 is 15.9 Å². The van der Waals surface area contributed by atoms with Gasteiger partial charge in [-0.1, -0.05) is 41.9 Å². The zero-order valence-electron chi connectivity index (χ0n) is 11.6. The third kappa shape index (κ3) is 4.08. The highest BCUT2D eigenvalue weighted by molar-refractivity contribution is 9.10. The largest absolute Gasteiger partial charge is 0.396 e. The van der Waals surface area contributed by atoms with E-state index in [1.807, 2.05) is 0 Å². The van der Waals surface area contributed by atoms with Crippen LogP contribution in [-0.4, -0.2) is 18.3 Å². The van der Waals surface area contributed by atoms with Crippen LogP contribution in [0.3, 0.4) is 0 Å². The van der Waals surface area contributed by atoms with Crippen molar-refractivity contribution in [3.63, 3.8) is 0 Å². The van der Waals surface area contributed by atoms with E-state index < -0.39 is 0 Å². The SMILES string of the molecule is CCC(CC)(CO)CNCc1ccc(C)c(Br)c1. The number of hydrogen-bond acceptors (Lipinski definition) is 2. The molecule has 0 aromatic heterocycles. The molecule has 0 aliphatic heterocycles. The van der Waals surface area contributed by atoms with Gasteiger partial charge >= 0.3 is 0 Å². The van der Waals surface area contributed by atoms with Crippen LogP contribution < -0.4 is 5.32 Å². The van der Waals surface area contributed by atoms with Crippen molar-refractivity contribution in [3.05, 3.63) is 33.8 Å². The quantitative estimate of drug-likeness (QED) is 0.805. The molecule has 2 N–H and O–H groups in total. The first kappa shape index (κ1) is 15.7. The van der Waals surface area contributed by atoms with Crippen LogP contribution >= 0.6 is 15.9 Å². The van der Waals surface area contributed by atoms with E-state index in [1.165, 1.54) is 11.1 Å². The van der Waals surface area contributed by atoms with E-state index >= 15 is 0 Å². The van der Waals surface area contributed by atoms with Gasteiger partial charge in [0.25, 0.3) is 0 Å². The van der Waals surface area contributed by atoms with Crippen LogP contribution in [0.15, 0.2) is 22.7 Å². The van der Waals surface area contributed by atoms with Crippen molar-refractivity contribution in [2.24, 2.45) is 5.41 Å². The van der Waals surface area contributed by atoms with Crippen LogP contribution in [0.4, 0.5) is 0 Å². The number of aryl methyl sites for hydroxylation is 1. The number of aliphatic hydroxyl groups excluding tert-OH is 1. The highest BCUT2D eigenvalue weighted by atomic mass is 79.9. The first-order chi connectivity index (χ1) is 8.56. The Morgan fingerprint density at radius 2 is 1.94 bits per heavy atom. The molecule has 1 aromatic carbocycles. The summed E-state index contributed by atoms with van der Waals surface area (Å²) in [6, 6.07) is 6.42. The Labute approximate surface area is 119 Å².